The van der Waals surface area contributed by atoms with Crippen LogP contribution in [0.5, 0.6) is 0 Å². The third-order valence-electron chi connectivity index (χ3n) is 4.27. The Morgan fingerprint density at radius 2 is 2.09 bits per heavy atom. The Bertz CT molecular complexity index is 786. The number of pyridine rings is 1. The summed E-state index contributed by atoms with van der Waals surface area (Å²) in [4.78, 5) is 9.36. The van der Waals surface area contributed by atoms with Gasteiger partial charge < -0.3 is 4.74 Å². The molecule has 1 aliphatic heterocycles. The monoisotopic (exact) mass is 293 g/mol. The van der Waals surface area contributed by atoms with Crippen LogP contribution < -0.4 is 0 Å². The SMILES string of the molecule is Cc1ccc(-n2c(CC3CCOC3)nc3cccnc32)cc1. The van der Waals surface area contributed by atoms with Gasteiger partial charge in [0, 0.05) is 31.5 Å². The molecule has 1 unspecified atom stereocenters. The van der Waals surface area contributed by atoms with Crippen molar-refractivity contribution in [1.82, 2.24) is 14.5 Å². The molecule has 4 nitrogen and oxygen atoms in total. The minimum atomic E-state index is 0.556. The van der Waals surface area contributed by atoms with E-state index in [-0.39, 0.29) is 0 Å². The quantitative estimate of drug-likeness (QED) is 0.744. The van der Waals surface area contributed by atoms with Gasteiger partial charge in [-0.05, 0) is 43.5 Å². The molecule has 4 rings (SSSR count). The van der Waals surface area contributed by atoms with E-state index in [4.69, 9.17) is 9.72 Å². The third kappa shape index (κ3) is 2.40. The van der Waals surface area contributed by atoms with Crippen molar-refractivity contribution < 1.29 is 4.74 Å². The van der Waals surface area contributed by atoms with Gasteiger partial charge in [0.15, 0.2) is 5.65 Å². The van der Waals surface area contributed by atoms with Crippen LogP contribution in [-0.2, 0) is 11.2 Å². The van der Waals surface area contributed by atoms with Gasteiger partial charge in [-0.15, -0.1) is 0 Å². The number of benzene rings is 1. The van der Waals surface area contributed by atoms with Crippen molar-refractivity contribution in [3.63, 3.8) is 0 Å². The predicted molar refractivity (Wildman–Crippen MR) is 86.2 cm³/mol. The lowest BCUT2D eigenvalue weighted by molar-refractivity contribution is 0.185. The second-order valence-corrected chi connectivity index (χ2v) is 5.98. The molecule has 0 amide bonds. The van der Waals surface area contributed by atoms with E-state index >= 15 is 0 Å². The number of imidazole rings is 1. The van der Waals surface area contributed by atoms with Gasteiger partial charge in [-0.3, -0.25) is 4.57 Å². The second kappa shape index (κ2) is 5.54. The molecule has 0 N–H and O–H groups in total. The number of aromatic nitrogens is 3. The predicted octanol–water partition coefficient (Wildman–Crippen LogP) is 3.31. The first kappa shape index (κ1) is 13.5. The Morgan fingerprint density at radius 3 is 2.86 bits per heavy atom. The summed E-state index contributed by atoms with van der Waals surface area (Å²) >= 11 is 0. The maximum atomic E-state index is 5.51. The number of fused-ring (bicyclic) bond motifs is 1. The number of ether oxygens (including phenoxy) is 1. The van der Waals surface area contributed by atoms with Crippen molar-refractivity contribution in [2.45, 2.75) is 19.8 Å². The normalized spacial score (nSPS) is 18.1. The Morgan fingerprint density at radius 1 is 1.23 bits per heavy atom. The van der Waals surface area contributed by atoms with Gasteiger partial charge in [0.05, 0.1) is 0 Å². The van der Waals surface area contributed by atoms with E-state index in [1.165, 1.54) is 5.56 Å². The van der Waals surface area contributed by atoms with Gasteiger partial charge in [-0.25, -0.2) is 9.97 Å². The number of hydrogen-bond donors (Lipinski definition) is 0. The highest BCUT2D eigenvalue weighted by Gasteiger charge is 2.21. The summed E-state index contributed by atoms with van der Waals surface area (Å²) in [7, 11) is 0. The Labute approximate surface area is 129 Å². The first-order chi connectivity index (χ1) is 10.8. The lowest BCUT2D eigenvalue weighted by atomic mass is 10.0. The molecule has 0 aliphatic carbocycles. The van der Waals surface area contributed by atoms with Crippen LogP contribution in [0.2, 0.25) is 0 Å². The van der Waals surface area contributed by atoms with E-state index in [2.05, 4.69) is 40.7 Å². The molecule has 0 bridgehead atoms. The van der Waals surface area contributed by atoms with E-state index in [1.807, 2.05) is 18.3 Å². The summed E-state index contributed by atoms with van der Waals surface area (Å²) in [5.41, 5.74) is 4.27. The van der Waals surface area contributed by atoms with Crippen molar-refractivity contribution in [1.29, 1.82) is 0 Å². The van der Waals surface area contributed by atoms with Crippen LogP contribution in [0.1, 0.15) is 17.8 Å². The van der Waals surface area contributed by atoms with E-state index in [9.17, 15) is 0 Å². The Hall–Kier alpha value is -2.20. The third-order valence-corrected chi connectivity index (χ3v) is 4.27. The van der Waals surface area contributed by atoms with Gasteiger partial charge in [-0.2, -0.15) is 0 Å². The molecule has 3 aromatic rings. The maximum Gasteiger partial charge on any atom is 0.164 e. The Balaban J connectivity index is 1.83. The van der Waals surface area contributed by atoms with Crippen LogP contribution in [0.3, 0.4) is 0 Å². The van der Waals surface area contributed by atoms with Gasteiger partial charge in [0.1, 0.15) is 11.3 Å². The van der Waals surface area contributed by atoms with Crippen LogP contribution in [0.15, 0.2) is 42.6 Å². The van der Waals surface area contributed by atoms with E-state index in [0.29, 0.717) is 5.92 Å². The van der Waals surface area contributed by atoms with Crippen molar-refractivity contribution in [3.05, 3.63) is 54.0 Å². The summed E-state index contributed by atoms with van der Waals surface area (Å²) < 4.78 is 7.70. The number of aryl methyl sites for hydroxylation is 1. The van der Waals surface area contributed by atoms with E-state index in [1.54, 1.807) is 0 Å². The van der Waals surface area contributed by atoms with Crippen LogP contribution in [-0.4, -0.2) is 27.7 Å². The molecule has 2 aromatic heterocycles. The fraction of sp³-hybridized carbons (Fsp3) is 0.333. The molecule has 1 aliphatic rings. The van der Waals surface area contributed by atoms with Crippen LogP contribution in [0.4, 0.5) is 0 Å². The lowest BCUT2D eigenvalue weighted by Gasteiger charge is -2.11. The molecule has 1 atom stereocenters. The first-order valence-corrected chi connectivity index (χ1v) is 7.78. The molecule has 4 heteroatoms. The smallest absolute Gasteiger partial charge is 0.164 e. The van der Waals surface area contributed by atoms with Crippen LogP contribution in [0, 0.1) is 12.8 Å². The van der Waals surface area contributed by atoms with Crippen molar-refractivity contribution in [2.24, 2.45) is 5.92 Å². The molecule has 0 radical (unpaired) electrons. The molecule has 3 heterocycles. The van der Waals surface area contributed by atoms with E-state index < -0.39 is 0 Å². The minimum Gasteiger partial charge on any atom is -0.381 e. The molecular formula is C18H19N3O. The molecule has 112 valence electrons. The zero-order valence-electron chi connectivity index (χ0n) is 12.7. The topological polar surface area (TPSA) is 39.9 Å². The molecule has 0 spiro atoms. The first-order valence-electron chi connectivity index (χ1n) is 7.78. The molecule has 22 heavy (non-hydrogen) atoms. The Kier molecular flexibility index (Phi) is 3.39. The largest absolute Gasteiger partial charge is 0.381 e. The fourth-order valence-electron chi connectivity index (χ4n) is 3.06. The standard InChI is InChI=1S/C18H19N3O/c1-13-4-6-15(7-5-13)21-17(11-14-8-10-22-12-14)20-16-3-2-9-19-18(16)21/h2-7,9,14H,8,10-12H2,1H3. The fourth-order valence-corrected chi connectivity index (χ4v) is 3.06. The summed E-state index contributed by atoms with van der Waals surface area (Å²) in [6.45, 7) is 3.81. The number of rotatable bonds is 3. The molecule has 1 saturated heterocycles. The highest BCUT2D eigenvalue weighted by molar-refractivity contribution is 5.73. The highest BCUT2D eigenvalue weighted by Crippen LogP contribution is 2.24. The number of nitrogens with zero attached hydrogens (tertiary/aromatic N) is 3. The van der Waals surface area contributed by atoms with Gasteiger partial charge in [0.25, 0.3) is 0 Å². The van der Waals surface area contributed by atoms with Crippen molar-refractivity contribution >= 4 is 11.2 Å². The van der Waals surface area contributed by atoms with Gasteiger partial charge in [-0.1, -0.05) is 17.7 Å². The van der Waals surface area contributed by atoms with Crippen molar-refractivity contribution in [2.75, 3.05) is 13.2 Å². The van der Waals surface area contributed by atoms with Gasteiger partial charge >= 0.3 is 0 Å². The maximum absolute atomic E-state index is 5.51. The summed E-state index contributed by atoms with van der Waals surface area (Å²) in [5, 5.41) is 0. The zero-order chi connectivity index (χ0) is 14.9. The van der Waals surface area contributed by atoms with Crippen LogP contribution >= 0.6 is 0 Å². The summed E-state index contributed by atoms with van der Waals surface area (Å²) in [6, 6.07) is 12.5. The lowest BCUT2D eigenvalue weighted by Crippen LogP contribution is -2.10. The number of hydrogen-bond acceptors (Lipinski definition) is 3. The zero-order valence-corrected chi connectivity index (χ0v) is 12.7. The van der Waals surface area contributed by atoms with Crippen LogP contribution in [0.25, 0.3) is 16.9 Å². The highest BCUT2D eigenvalue weighted by atomic mass is 16.5. The summed E-state index contributed by atoms with van der Waals surface area (Å²) in [5.74, 6) is 1.63. The second-order valence-electron chi connectivity index (χ2n) is 5.98. The summed E-state index contributed by atoms with van der Waals surface area (Å²) in [6.07, 6.45) is 3.88. The molecule has 0 saturated carbocycles. The molecule has 1 aromatic carbocycles. The minimum absolute atomic E-state index is 0.556. The average Bonchev–Trinajstić information content (AvgIpc) is 3.16. The van der Waals surface area contributed by atoms with Gasteiger partial charge in [0.2, 0.25) is 0 Å². The van der Waals surface area contributed by atoms with E-state index in [0.717, 1.165) is 48.7 Å². The molecule has 1 fully saturated rings. The molecular weight excluding hydrogens is 274 g/mol. The average molecular weight is 293 g/mol. The van der Waals surface area contributed by atoms with Crippen molar-refractivity contribution in [3.8, 4) is 5.69 Å².